The molecule has 1 saturated carbocycles. The maximum Gasteiger partial charge on any atom is 0.391 e. The summed E-state index contributed by atoms with van der Waals surface area (Å²) in [7, 11) is 3.22. The maximum absolute atomic E-state index is 12.9. The quantitative estimate of drug-likeness (QED) is 0.249. The lowest BCUT2D eigenvalue weighted by atomic mass is 9.85. The van der Waals surface area contributed by atoms with Gasteiger partial charge in [0.1, 0.15) is 5.75 Å². The molecule has 9 heteroatoms. The van der Waals surface area contributed by atoms with E-state index in [0.29, 0.717) is 32.1 Å². The molecule has 0 heterocycles. The van der Waals surface area contributed by atoms with Gasteiger partial charge in [-0.25, -0.2) is 0 Å². The largest absolute Gasteiger partial charge is 0.496 e. The molecule has 1 aliphatic carbocycles. The molecule has 0 saturated heterocycles. The van der Waals surface area contributed by atoms with Crippen molar-refractivity contribution in [1.29, 1.82) is 0 Å². The van der Waals surface area contributed by atoms with Gasteiger partial charge < -0.3 is 20.1 Å². The van der Waals surface area contributed by atoms with E-state index in [0.717, 1.165) is 17.7 Å². The highest BCUT2D eigenvalue weighted by Crippen LogP contribution is 2.37. The average Bonchev–Trinajstić information content (AvgIpc) is 2.66. The van der Waals surface area contributed by atoms with Crippen LogP contribution in [0.15, 0.2) is 29.3 Å². The van der Waals surface area contributed by atoms with Gasteiger partial charge in [0.25, 0.3) is 0 Å². The highest BCUT2D eigenvalue weighted by molar-refractivity contribution is 14.0. The minimum Gasteiger partial charge on any atom is -0.496 e. The highest BCUT2D eigenvalue weighted by atomic mass is 127. The van der Waals surface area contributed by atoms with Crippen LogP contribution in [0, 0.1) is 5.92 Å². The number of alkyl halides is 3. The summed E-state index contributed by atoms with van der Waals surface area (Å²) in [5.74, 6) is 0.0502. The molecule has 2 atom stereocenters. The first-order valence-electron chi connectivity index (χ1n) is 9.17. The number of halogens is 4. The summed E-state index contributed by atoms with van der Waals surface area (Å²) in [6, 6.07) is 7.41. The molecule has 0 aliphatic heterocycles. The molecule has 1 fully saturated rings. The molecule has 0 spiro atoms. The van der Waals surface area contributed by atoms with Crippen molar-refractivity contribution in [3.8, 4) is 5.75 Å². The Kier molecular flexibility index (Phi) is 10.9. The van der Waals surface area contributed by atoms with E-state index in [1.807, 2.05) is 24.3 Å². The molecule has 2 unspecified atom stereocenters. The van der Waals surface area contributed by atoms with Crippen molar-refractivity contribution < 1.29 is 22.6 Å². The third-order valence-electron chi connectivity index (χ3n) is 4.69. The minimum atomic E-state index is -4.12. The summed E-state index contributed by atoms with van der Waals surface area (Å²) in [4.78, 5) is 4.09. The molecule has 1 aromatic rings. The number of rotatable bonds is 7. The Bertz CT molecular complexity index is 614. The number of ether oxygens (including phenoxy) is 2. The van der Waals surface area contributed by atoms with Crippen LogP contribution in [0.3, 0.4) is 0 Å². The van der Waals surface area contributed by atoms with Gasteiger partial charge in [-0.1, -0.05) is 24.6 Å². The van der Waals surface area contributed by atoms with E-state index in [2.05, 4.69) is 15.6 Å². The summed E-state index contributed by atoms with van der Waals surface area (Å²) in [5.41, 5.74) is 0.961. The summed E-state index contributed by atoms with van der Waals surface area (Å²) >= 11 is 0. The molecule has 2 N–H and O–H groups in total. The Morgan fingerprint density at radius 3 is 2.68 bits per heavy atom. The molecule has 0 aromatic heterocycles. The standard InChI is InChI=1S/C19H28F3N3O2.HI/c1-23-18(25-16-8-5-7-15(12-16)19(20,21)22)24-10-11-27-13-14-6-3-4-9-17(14)26-2;/h3-4,6,9,15-16H,5,7-8,10-13H2,1-2H3,(H2,23,24,25);1H. The lowest BCUT2D eigenvalue weighted by Gasteiger charge is -2.31. The summed E-state index contributed by atoms with van der Waals surface area (Å²) < 4.78 is 49.7. The molecular weight excluding hydrogens is 486 g/mol. The van der Waals surface area contributed by atoms with Crippen molar-refractivity contribution in [3.63, 3.8) is 0 Å². The first-order valence-corrected chi connectivity index (χ1v) is 9.17. The predicted molar refractivity (Wildman–Crippen MR) is 114 cm³/mol. The predicted octanol–water partition coefficient (Wildman–Crippen LogP) is 4.12. The number of nitrogens with zero attached hydrogens (tertiary/aromatic N) is 1. The third-order valence-corrected chi connectivity index (χ3v) is 4.69. The summed E-state index contributed by atoms with van der Waals surface area (Å²) in [5, 5.41) is 6.18. The fraction of sp³-hybridized carbons (Fsp3) is 0.632. The zero-order valence-electron chi connectivity index (χ0n) is 16.2. The normalized spacial score (nSPS) is 20.2. The van der Waals surface area contributed by atoms with Crippen molar-refractivity contribution in [2.75, 3.05) is 27.3 Å². The van der Waals surface area contributed by atoms with Crippen molar-refractivity contribution in [1.82, 2.24) is 10.6 Å². The average molecular weight is 515 g/mol. The monoisotopic (exact) mass is 515 g/mol. The number of aliphatic imine (C=N–C) groups is 1. The number of nitrogens with one attached hydrogen (secondary N) is 2. The zero-order valence-corrected chi connectivity index (χ0v) is 18.6. The number of benzene rings is 1. The Morgan fingerprint density at radius 1 is 1.25 bits per heavy atom. The van der Waals surface area contributed by atoms with Crippen LogP contribution in [0.1, 0.15) is 31.2 Å². The highest BCUT2D eigenvalue weighted by Gasteiger charge is 2.42. The Morgan fingerprint density at radius 2 is 2.00 bits per heavy atom. The van der Waals surface area contributed by atoms with E-state index in [9.17, 15) is 13.2 Å². The molecule has 2 rings (SSSR count). The van der Waals surface area contributed by atoms with Gasteiger partial charge in [-0.2, -0.15) is 13.2 Å². The van der Waals surface area contributed by atoms with Gasteiger partial charge in [-0.15, -0.1) is 24.0 Å². The van der Waals surface area contributed by atoms with Gasteiger partial charge in [-0.05, 0) is 25.3 Å². The SMILES string of the molecule is CN=C(NCCOCc1ccccc1OC)NC1CCCC(C(F)(F)F)C1.I. The second kappa shape index (κ2) is 12.4. The molecule has 0 bridgehead atoms. The number of hydrogen-bond donors (Lipinski definition) is 2. The maximum atomic E-state index is 12.9. The molecule has 28 heavy (non-hydrogen) atoms. The first-order chi connectivity index (χ1) is 12.9. The molecule has 5 nitrogen and oxygen atoms in total. The van der Waals surface area contributed by atoms with E-state index in [4.69, 9.17) is 9.47 Å². The molecular formula is C19H29F3IN3O2. The molecule has 0 amide bonds. The lowest BCUT2D eigenvalue weighted by Crippen LogP contribution is -2.47. The van der Waals surface area contributed by atoms with Crippen LogP contribution in [0.25, 0.3) is 0 Å². The van der Waals surface area contributed by atoms with Gasteiger partial charge in [0.2, 0.25) is 0 Å². The topological polar surface area (TPSA) is 54.9 Å². The van der Waals surface area contributed by atoms with Crippen LogP contribution in [0.4, 0.5) is 13.2 Å². The van der Waals surface area contributed by atoms with Gasteiger partial charge in [0.05, 0.1) is 26.2 Å². The first kappa shape index (κ1) is 24.8. The van der Waals surface area contributed by atoms with Crippen LogP contribution < -0.4 is 15.4 Å². The van der Waals surface area contributed by atoms with Gasteiger partial charge in [0.15, 0.2) is 5.96 Å². The Hall–Kier alpha value is -1.23. The van der Waals surface area contributed by atoms with Gasteiger partial charge in [0, 0.05) is 25.2 Å². The van der Waals surface area contributed by atoms with Crippen molar-refractivity contribution in [2.24, 2.45) is 10.9 Å². The number of para-hydroxylation sites is 1. The van der Waals surface area contributed by atoms with Gasteiger partial charge in [-0.3, -0.25) is 4.99 Å². The fourth-order valence-electron chi connectivity index (χ4n) is 3.25. The number of hydrogen-bond acceptors (Lipinski definition) is 3. The van der Waals surface area contributed by atoms with Crippen molar-refractivity contribution >= 4 is 29.9 Å². The lowest BCUT2D eigenvalue weighted by molar-refractivity contribution is -0.183. The van der Waals surface area contributed by atoms with Gasteiger partial charge >= 0.3 is 6.18 Å². The number of guanidine groups is 1. The van der Waals surface area contributed by atoms with Crippen LogP contribution in [0.5, 0.6) is 5.75 Å². The van der Waals surface area contributed by atoms with Crippen LogP contribution in [0.2, 0.25) is 0 Å². The van der Waals surface area contributed by atoms with Crippen molar-refractivity contribution in [3.05, 3.63) is 29.8 Å². The summed E-state index contributed by atoms with van der Waals surface area (Å²) in [6.45, 7) is 1.37. The number of methoxy groups -OCH3 is 1. The molecule has 1 aromatic carbocycles. The zero-order chi connectivity index (χ0) is 19.7. The molecule has 0 radical (unpaired) electrons. The fourth-order valence-corrected chi connectivity index (χ4v) is 3.25. The summed E-state index contributed by atoms with van der Waals surface area (Å²) in [6.07, 6.45) is -2.53. The Labute approximate surface area is 181 Å². The smallest absolute Gasteiger partial charge is 0.391 e. The van der Waals surface area contributed by atoms with E-state index in [1.54, 1.807) is 14.2 Å². The minimum absolute atomic E-state index is 0. The molecule has 160 valence electrons. The van der Waals surface area contributed by atoms with Crippen LogP contribution >= 0.6 is 24.0 Å². The third kappa shape index (κ3) is 8.02. The second-order valence-corrected chi connectivity index (χ2v) is 6.61. The van der Waals surface area contributed by atoms with Crippen molar-refractivity contribution in [2.45, 2.75) is 44.5 Å². The van der Waals surface area contributed by atoms with Crippen LogP contribution in [-0.4, -0.2) is 45.5 Å². The molecule has 1 aliphatic rings. The van der Waals surface area contributed by atoms with E-state index >= 15 is 0 Å². The Balaban J connectivity index is 0.00000392. The van der Waals surface area contributed by atoms with E-state index in [-0.39, 0.29) is 42.9 Å². The van der Waals surface area contributed by atoms with E-state index < -0.39 is 12.1 Å². The second-order valence-electron chi connectivity index (χ2n) is 6.61. The van der Waals surface area contributed by atoms with E-state index in [1.165, 1.54) is 0 Å². The van der Waals surface area contributed by atoms with Crippen LogP contribution in [-0.2, 0) is 11.3 Å².